The van der Waals surface area contributed by atoms with Crippen molar-refractivity contribution in [2.24, 2.45) is 0 Å². The van der Waals surface area contributed by atoms with Crippen molar-refractivity contribution in [3.63, 3.8) is 0 Å². The van der Waals surface area contributed by atoms with Crippen molar-refractivity contribution in [2.75, 3.05) is 13.1 Å². The summed E-state index contributed by atoms with van der Waals surface area (Å²) < 4.78 is 26.5. The molecule has 104 valence electrons. The second-order valence-corrected chi connectivity index (χ2v) is 5.75. The van der Waals surface area contributed by atoms with Crippen molar-refractivity contribution in [1.29, 1.82) is 0 Å². The number of hydrogen-bond acceptors (Lipinski definition) is 2. The highest BCUT2D eigenvalue weighted by molar-refractivity contribution is 5.18. The predicted octanol–water partition coefficient (Wildman–Crippen LogP) is 2.68. The summed E-state index contributed by atoms with van der Waals surface area (Å²) in [6, 6.07) is 5.11. The van der Waals surface area contributed by atoms with E-state index in [1.54, 1.807) is 6.07 Å². The smallest absolute Gasteiger partial charge is 0.130 e. The average molecular weight is 266 g/mol. The Balaban J connectivity index is 1.58. The van der Waals surface area contributed by atoms with Gasteiger partial charge in [-0.3, -0.25) is 4.90 Å². The fraction of sp³-hybridized carbons (Fsp3) is 0.600. The lowest BCUT2D eigenvalue weighted by molar-refractivity contribution is 0.180. The molecule has 1 aromatic rings. The normalized spacial score (nSPS) is 24.6. The van der Waals surface area contributed by atoms with Gasteiger partial charge in [-0.15, -0.1) is 0 Å². The topological polar surface area (TPSA) is 15.3 Å². The van der Waals surface area contributed by atoms with E-state index >= 15 is 0 Å². The Bertz CT molecular complexity index is 446. The monoisotopic (exact) mass is 266 g/mol. The van der Waals surface area contributed by atoms with Crippen LogP contribution in [-0.4, -0.2) is 30.1 Å². The van der Waals surface area contributed by atoms with E-state index in [1.165, 1.54) is 25.3 Å². The summed E-state index contributed by atoms with van der Waals surface area (Å²) in [6.07, 6.45) is 4.94. The van der Waals surface area contributed by atoms with E-state index in [0.717, 1.165) is 25.6 Å². The summed E-state index contributed by atoms with van der Waals surface area (Å²) in [4.78, 5) is 2.26. The Hall–Kier alpha value is -1.00. The zero-order chi connectivity index (χ0) is 13.2. The van der Waals surface area contributed by atoms with E-state index in [4.69, 9.17) is 0 Å². The number of halogens is 2. The van der Waals surface area contributed by atoms with Crippen molar-refractivity contribution >= 4 is 0 Å². The second-order valence-electron chi connectivity index (χ2n) is 5.75. The van der Waals surface area contributed by atoms with Gasteiger partial charge in [0.25, 0.3) is 0 Å². The van der Waals surface area contributed by atoms with Gasteiger partial charge in [-0.1, -0.05) is 6.07 Å². The lowest BCUT2D eigenvalue weighted by atomic mass is 10.0. The van der Waals surface area contributed by atoms with E-state index in [2.05, 4.69) is 10.2 Å². The van der Waals surface area contributed by atoms with Gasteiger partial charge in [-0.05, 0) is 38.3 Å². The maximum atomic E-state index is 13.6. The van der Waals surface area contributed by atoms with Crippen LogP contribution in [0.3, 0.4) is 0 Å². The molecule has 1 saturated heterocycles. The predicted molar refractivity (Wildman–Crippen MR) is 70.8 cm³/mol. The minimum absolute atomic E-state index is 0.433. The molecule has 1 heterocycles. The van der Waals surface area contributed by atoms with Crippen LogP contribution < -0.4 is 5.32 Å². The Kier molecular flexibility index (Phi) is 3.80. The molecule has 2 aliphatic rings. The highest BCUT2D eigenvalue weighted by Crippen LogP contribution is 2.23. The lowest BCUT2D eigenvalue weighted by Gasteiger charge is -2.33. The van der Waals surface area contributed by atoms with Crippen molar-refractivity contribution in [3.8, 4) is 0 Å². The first-order valence-electron chi connectivity index (χ1n) is 7.13. The van der Waals surface area contributed by atoms with Gasteiger partial charge in [-0.2, -0.15) is 0 Å². The zero-order valence-electron chi connectivity index (χ0n) is 11.0. The molecule has 4 heteroatoms. The van der Waals surface area contributed by atoms with Crippen LogP contribution in [0.1, 0.15) is 31.2 Å². The molecule has 0 radical (unpaired) electrons. The van der Waals surface area contributed by atoms with Gasteiger partial charge in [0, 0.05) is 36.8 Å². The zero-order valence-corrected chi connectivity index (χ0v) is 11.0. The molecule has 19 heavy (non-hydrogen) atoms. The molecule has 3 rings (SSSR count). The summed E-state index contributed by atoms with van der Waals surface area (Å²) >= 11 is 0. The van der Waals surface area contributed by atoms with E-state index < -0.39 is 11.6 Å². The van der Waals surface area contributed by atoms with Gasteiger partial charge in [0.2, 0.25) is 0 Å². The standard InChI is InChI=1S/C15H20F2N2/c16-12-4-3-11(15(17)8-12)9-19-7-1-2-14(10-19)18-13-5-6-13/h3-4,8,13-14,18H,1-2,5-7,9-10H2. The second kappa shape index (κ2) is 5.55. The minimum atomic E-state index is -0.506. The molecule has 0 aromatic heterocycles. The molecule has 1 aliphatic carbocycles. The molecule has 1 aromatic carbocycles. The summed E-state index contributed by atoms with van der Waals surface area (Å²) in [5, 5.41) is 3.64. The SMILES string of the molecule is Fc1ccc(CN2CCCC(NC3CC3)C2)c(F)c1. The molecule has 1 N–H and O–H groups in total. The Morgan fingerprint density at radius 1 is 1.16 bits per heavy atom. The molecule has 1 atom stereocenters. The molecule has 0 amide bonds. The highest BCUT2D eigenvalue weighted by Gasteiger charge is 2.27. The lowest BCUT2D eigenvalue weighted by Crippen LogP contribution is -2.46. The van der Waals surface area contributed by atoms with E-state index in [1.807, 2.05) is 0 Å². The van der Waals surface area contributed by atoms with Crippen LogP contribution in [0.2, 0.25) is 0 Å². The first-order valence-corrected chi connectivity index (χ1v) is 7.13. The van der Waals surface area contributed by atoms with Crippen LogP contribution in [0.5, 0.6) is 0 Å². The molecule has 1 saturated carbocycles. The minimum Gasteiger partial charge on any atom is -0.310 e. The average Bonchev–Trinajstić information content (AvgIpc) is 3.17. The summed E-state index contributed by atoms with van der Waals surface area (Å²) in [5.74, 6) is -0.939. The van der Waals surface area contributed by atoms with E-state index in [-0.39, 0.29) is 0 Å². The van der Waals surface area contributed by atoms with E-state index in [9.17, 15) is 8.78 Å². The Labute approximate surface area is 112 Å². The fourth-order valence-electron chi connectivity index (χ4n) is 2.81. The fourth-order valence-corrected chi connectivity index (χ4v) is 2.81. The molecule has 0 bridgehead atoms. The van der Waals surface area contributed by atoms with Crippen molar-refractivity contribution in [3.05, 3.63) is 35.4 Å². The highest BCUT2D eigenvalue weighted by atomic mass is 19.1. The van der Waals surface area contributed by atoms with Gasteiger partial charge in [0.05, 0.1) is 0 Å². The number of nitrogens with one attached hydrogen (secondary N) is 1. The van der Waals surface area contributed by atoms with Crippen molar-refractivity contribution in [2.45, 2.75) is 44.3 Å². The molecule has 1 unspecified atom stereocenters. The van der Waals surface area contributed by atoms with Gasteiger partial charge >= 0.3 is 0 Å². The van der Waals surface area contributed by atoms with Crippen LogP contribution >= 0.6 is 0 Å². The first kappa shape index (κ1) is 13.0. The van der Waals surface area contributed by atoms with Crippen LogP contribution in [-0.2, 0) is 6.54 Å². The summed E-state index contributed by atoms with van der Waals surface area (Å²) in [7, 11) is 0. The Morgan fingerprint density at radius 3 is 2.74 bits per heavy atom. The number of benzene rings is 1. The quantitative estimate of drug-likeness (QED) is 0.901. The molecule has 2 nitrogen and oxygen atoms in total. The van der Waals surface area contributed by atoms with Crippen LogP contribution in [0, 0.1) is 11.6 Å². The molecule has 2 fully saturated rings. The third kappa shape index (κ3) is 3.51. The largest absolute Gasteiger partial charge is 0.310 e. The van der Waals surface area contributed by atoms with Gasteiger partial charge < -0.3 is 5.32 Å². The van der Waals surface area contributed by atoms with Gasteiger partial charge in [0.1, 0.15) is 11.6 Å². The molecule has 1 aliphatic heterocycles. The number of rotatable bonds is 4. The van der Waals surface area contributed by atoms with Crippen LogP contribution in [0.25, 0.3) is 0 Å². The number of hydrogen-bond donors (Lipinski definition) is 1. The maximum absolute atomic E-state index is 13.6. The summed E-state index contributed by atoms with van der Waals surface area (Å²) in [5.41, 5.74) is 0.591. The maximum Gasteiger partial charge on any atom is 0.130 e. The summed E-state index contributed by atoms with van der Waals surface area (Å²) in [6.45, 7) is 2.54. The van der Waals surface area contributed by atoms with Crippen molar-refractivity contribution in [1.82, 2.24) is 10.2 Å². The number of nitrogens with zero attached hydrogens (tertiary/aromatic N) is 1. The van der Waals surface area contributed by atoms with Crippen LogP contribution in [0.15, 0.2) is 18.2 Å². The number of likely N-dealkylation sites (tertiary alicyclic amines) is 1. The third-order valence-electron chi connectivity index (χ3n) is 3.96. The van der Waals surface area contributed by atoms with Gasteiger partial charge in [-0.25, -0.2) is 8.78 Å². The Morgan fingerprint density at radius 2 is 2.00 bits per heavy atom. The van der Waals surface area contributed by atoms with Gasteiger partial charge in [0.15, 0.2) is 0 Å². The van der Waals surface area contributed by atoms with Crippen molar-refractivity contribution < 1.29 is 8.78 Å². The first-order chi connectivity index (χ1) is 9.20. The molecular formula is C15H20F2N2. The molecular weight excluding hydrogens is 246 g/mol. The molecule has 0 spiro atoms. The van der Waals surface area contributed by atoms with E-state index in [0.29, 0.717) is 24.2 Å². The van der Waals surface area contributed by atoms with Crippen LogP contribution in [0.4, 0.5) is 8.78 Å². The number of piperidine rings is 1. The third-order valence-corrected chi connectivity index (χ3v) is 3.96.